The SMILES string of the molecule is CSCCCCN1CCC(O)(/C=C/CCc2ccccc2)C1=O. The third-order valence-electron chi connectivity index (χ3n) is 4.28. The second kappa shape index (κ2) is 9.14. The Bertz CT molecular complexity index is 517. The number of thioether (sulfide) groups is 1. The lowest BCUT2D eigenvalue weighted by Gasteiger charge is -2.19. The average molecular weight is 333 g/mol. The summed E-state index contributed by atoms with van der Waals surface area (Å²) in [5, 5.41) is 10.5. The van der Waals surface area contributed by atoms with Gasteiger partial charge in [-0.3, -0.25) is 4.79 Å². The van der Waals surface area contributed by atoms with Crippen LogP contribution in [0.1, 0.15) is 31.2 Å². The first-order valence-electron chi connectivity index (χ1n) is 8.38. The standard InChI is InChI=1S/C19H27NO2S/c1-23-16-8-7-14-20-15-13-19(22,18(20)21)12-6-5-11-17-9-3-2-4-10-17/h2-4,6,9-10,12,22H,5,7-8,11,13-16H2,1H3/b12-6+. The van der Waals surface area contributed by atoms with Crippen LogP contribution < -0.4 is 0 Å². The lowest BCUT2D eigenvalue weighted by atomic mass is 10.0. The van der Waals surface area contributed by atoms with E-state index in [0.717, 1.165) is 38.0 Å². The molecule has 2 rings (SSSR count). The van der Waals surface area contributed by atoms with E-state index in [1.165, 1.54) is 5.56 Å². The number of carbonyl (C=O) groups excluding carboxylic acids is 1. The molecule has 1 atom stereocenters. The summed E-state index contributed by atoms with van der Waals surface area (Å²) >= 11 is 1.83. The van der Waals surface area contributed by atoms with Gasteiger partial charge in [0.05, 0.1) is 0 Å². The zero-order valence-electron chi connectivity index (χ0n) is 13.9. The van der Waals surface area contributed by atoms with Crippen LogP contribution in [-0.4, -0.2) is 46.6 Å². The highest BCUT2D eigenvalue weighted by atomic mass is 32.2. The van der Waals surface area contributed by atoms with Gasteiger partial charge in [0.15, 0.2) is 5.60 Å². The van der Waals surface area contributed by atoms with Crippen LogP contribution >= 0.6 is 11.8 Å². The molecule has 0 spiro atoms. The van der Waals surface area contributed by atoms with Crippen molar-refractivity contribution >= 4 is 17.7 Å². The summed E-state index contributed by atoms with van der Waals surface area (Å²) in [6.45, 7) is 1.43. The average Bonchev–Trinajstić information content (AvgIpc) is 2.85. The summed E-state index contributed by atoms with van der Waals surface area (Å²) in [5.41, 5.74) is -0.00627. The number of aryl methyl sites for hydroxylation is 1. The van der Waals surface area contributed by atoms with Gasteiger partial charge in [0, 0.05) is 19.5 Å². The smallest absolute Gasteiger partial charge is 0.258 e. The Kier molecular flexibility index (Phi) is 7.18. The lowest BCUT2D eigenvalue weighted by molar-refractivity contribution is -0.139. The van der Waals surface area contributed by atoms with E-state index in [2.05, 4.69) is 18.4 Å². The predicted molar refractivity (Wildman–Crippen MR) is 97.7 cm³/mol. The van der Waals surface area contributed by atoms with Crippen molar-refractivity contribution in [3.63, 3.8) is 0 Å². The van der Waals surface area contributed by atoms with Crippen LogP contribution in [0.3, 0.4) is 0 Å². The van der Waals surface area contributed by atoms with Gasteiger partial charge in [-0.25, -0.2) is 0 Å². The van der Waals surface area contributed by atoms with Crippen molar-refractivity contribution in [2.45, 2.75) is 37.7 Å². The number of unbranched alkanes of at least 4 members (excludes halogenated alkanes) is 1. The van der Waals surface area contributed by atoms with Crippen LogP contribution in [0, 0.1) is 0 Å². The molecule has 1 fully saturated rings. The highest BCUT2D eigenvalue weighted by molar-refractivity contribution is 7.98. The minimum absolute atomic E-state index is 0.127. The second-order valence-corrected chi connectivity index (χ2v) is 7.08. The quantitative estimate of drug-likeness (QED) is 0.557. The number of likely N-dealkylation sites (tertiary alicyclic amines) is 1. The molecule has 0 aromatic heterocycles. The van der Waals surface area contributed by atoms with Gasteiger partial charge in [-0.1, -0.05) is 36.4 Å². The highest BCUT2D eigenvalue weighted by Crippen LogP contribution is 2.25. The Morgan fingerprint density at radius 1 is 1.30 bits per heavy atom. The Hall–Kier alpha value is -1.26. The molecule has 1 aliphatic rings. The topological polar surface area (TPSA) is 40.5 Å². The molecule has 1 unspecified atom stereocenters. The number of aliphatic hydroxyl groups is 1. The van der Waals surface area contributed by atoms with Crippen molar-refractivity contribution < 1.29 is 9.90 Å². The maximum Gasteiger partial charge on any atom is 0.258 e. The number of hydrogen-bond acceptors (Lipinski definition) is 3. The van der Waals surface area contributed by atoms with Gasteiger partial charge in [0.2, 0.25) is 0 Å². The molecule has 0 saturated carbocycles. The number of allylic oxidation sites excluding steroid dienone is 1. The molecule has 4 heteroatoms. The fourth-order valence-electron chi connectivity index (χ4n) is 2.88. The first-order chi connectivity index (χ1) is 11.2. The molecule has 1 N–H and O–H groups in total. The number of amides is 1. The van der Waals surface area contributed by atoms with E-state index in [4.69, 9.17) is 0 Å². The van der Waals surface area contributed by atoms with Crippen LogP contribution in [0.2, 0.25) is 0 Å². The highest BCUT2D eigenvalue weighted by Gasteiger charge is 2.42. The largest absolute Gasteiger partial charge is 0.376 e. The van der Waals surface area contributed by atoms with E-state index in [1.807, 2.05) is 40.9 Å². The summed E-state index contributed by atoms with van der Waals surface area (Å²) in [6.07, 6.45) is 10.2. The zero-order chi connectivity index (χ0) is 16.5. The van der Waals surface area contributed by atoms with Crippen molar-refractivity contribution in [2.75, 3.05) is 25.1 Å². The monoisotopic (exact) mass is 333 g/mol. The van der Waals surface area contributed by atoms with Gasteiger partial charge in [-0.15, -0.1) is 0 Å². The molecule has 1 amide bonds. The molecule has 0 radical (unpaired) electrons. The summed E-state index contributed by atoms with van der Waals surface area (Å²) in [5.74, 6) is 1.00. The van der Waals surface area contributed by atoms with Crippen LogP contribution in [0.15, 0.2) is 42.5 Å². The minimum Gasteiger partial charge on any atom is -0.376 e. The van der Waals surface area contributed by atoms with Crippen LogP contribution in [0.25, 0.3) is 0 Å². The fourth-order valence-corrected chi connectivity index (χ4v) is 3.37. The summed E-state index contributed by atoms with van der Waals surface area (Å²) < 4.78 is 0. The van der Waals surface area contributed by atoms with Crippen molar-refractivity contribution in [2.24, 2.45) is 0 Å². The molecule has 1 aliphatic heterocycles. The summed E-state index contributed by atoms with van der Waals surface area (Å²) in [4.78, 5) is 14.2. The summed E-state index contributed by atoms with van der Waals surface area (Å²) in [7, 11) is 0. The van der Waals surface area contributed by atoms with Gasteiger partial charge in [-0.05, 0) is 49.3 Å². The van der Waals surface area contributed by atoms with Gasteiger partial charge in [0.25, 0.3) is 5.91 Å². The fraction of sp³-hybridized carbons (Fsp3) is 0.526. The lowest BCUT2D eigenvalue weighted by Crippen LogP contribution is -2.38. The molecule has 1 aromatic rings. The minimum atomic E-state index is -1.28. The Morgan fingerprint density at radius 3 is 2.83 bits per heavy atom. The van der Waals surface area contributed by atoms with E-state index >= 15 is 0 Å². The summed E-state index contributed by atoms with van der Waals surface area (Å²) in [6, 6.07) is 10.3. The van der Waals surface area contributed by atoms with E-state index in [0.29, 0.717) is 13.0 Å². The molecule has 1 saturated heterocycles. The second-order valence-electron chi connectivity index (χ2n) is 6.09. The van der Waals surface area contributed by atoms with Gasteiger partial charge in [-0.2, -0.15) is 11.8 Å². The number of nitrogens with zero attached hydrogens (tertiary/aromatic N) is 1. The van der Waals surface area contributed by atoms with E-state index in [1.54, 1.807) is 6.08 Å². The van der Waals surface area contributed by atoms with Crippen LogP contribution in [0.4, 0.5) is 0 Å². The molecule has 1 heterocycles. The van der Waals surface area contributed by atoms with Gasteiger partial charge in [0.1, 0.15) is 0 Å². The number of rotatable bonds is 9. The number of hydrogen-bond donors (Lipinski definition) is 1. The van der Waals surface area contributed by atoms with Gasteiger partial charge < -0.3 is 10.0 Å². The number of benzene rings is 1. The number of carbonyl (C=O) groups is 1. The molecule has 3 nitrogen and oxygen atoms in total. The third kappa shape index (κ3) is 5.40. The molecule has 1 aromatic carbocycles. The predicted octanol–water partition coefficient (Wildman–Crippen LogP) is 3.28. The van der Waals surface area contributed by atoms with E-state index in [9.17, 15) is 9.90 Å². The van der Waals surface area contributed by atoms with Crippen molar-refractivity contribution in [3.8, 4) is 0 Å². The Labute approximate surface area is 143 Å². The van der Waals surface area contributed by atoms with Crippen LogP contribution in [0.5, 0.6) is 0 Å². The Balaban J connectivity index is 1.77. The zero-order valence-corrected chi connectivity index (χ0v) is 14.7. The molecule has 0 bridgehead atoms. The normalized spacial score (nSPS) is 21.5. The van der Waals surface area contributed by atoms with E-state index in [-0.39, 0.29) is 5.91 Å². The molecular formula is C19H27NO2S. The van der Waals surface area contributed by atoms with Crippen molar-refractivity contribution in [3.05, 3.63) is 48.0 Å². The van der Waals surface area contributed by atoms with Gasteiger partial charge >= 0.3 is 0 Å². The molecule has 0 aliphatic carbocycles. The maximum atomic E-state index is 12.4. The first-order valence-corrected chi connectivity index (χ1v) is 9.77. The van der Waals surface area contributed by atoms with E-state index < -0.39 is 5.60 Å². The van der Waals surface area contributed by atoms with Crippen molar-refractivity contribution in [1.29, 1.82) is 0 Å². The molecule has 23 heavy (non-hydrogen) atoms. The third-order valence-corrected chi connectivity index (χ3v) is 4.98. The first kappa shape index (κ1) is 18.1. The molecule has 126 valence electrons. The molecular weight excluding hydrogens is 306 g/mol. The maximum absolute atomic E-state index is 12.4. The Morgan fingerprint density at radius 2 is 2.09 bits per heavy atom. The van der Waals surface area contributed by atoms with Crippen molar-refractivity contribution in [1.82, 2.24) is 4.90 Å². The van der Waals surface area contributed by atoms with Crippen LogP contribution in [-0.2, 0) is 11.2 Å².